The van der Waals surface area contributed by atoms with E-state index < -0.39 is 0 Å². The summed E-state index contributed by atoms with van der Waals surface area (Å²) < 4.78 is 0. The molecule has 0 amide bonds. The predicted molar refractivity (Wildman–Crippen MR) is 63.0 cm³/mol. The Morgan fingerprint density at radius 2 is 1.32 bits per heavy atom. The van der Waals surface area contributed by atoms with Gasteiger partial charge in [-0.05, 0) is 0 Å². The third kappa shape index (κ3) is 6.14. The molecular formula is C15H20Cl3Ti-2. The predicted octanol–water partition coefficient (Wildman–Crippen LogP) is -4.89. The third-order valence-electron chi connectivity index (χ3n) is 4.32. The number of hydrogen-bond acceptors (Lipinski definition) is 0. The standard InChI is InChI=1S/C10H15.C5H5.3ClH.Ti/c1-7-2-9-4-8(1)5-10(3-7)6-9;1-2-4-5-3-1;;;;/h7-9H,1-6H2;1-3H,4H2;3*1H;/q2*-1;;;;+3/p-3. The van der Waals surface area contributed by atoms with Crippen molar-refractivity contribution in [2.75, 3.05) is 0 Å². The maximum absolute atomic E-state index is 2.99. The van der Waals surface area contributed by atoms with Crippen molar-refractivity contribution < 1.29 is 58.9 Å². The minimum Gasteiger partial charge on any atom is -1.00 e. The van der Waals surface area contributed by atoms with Gasteiger partial charge in [0.05, 0.1) is 0 Å². The molecular weight excluding hydrogens is 334 g/mol. The van der Waals surface area contributed by atoms with E-state index in [4.69, 9.17) is 0 Å². The first-order valence-electron chi connectivity index (χ1n) is 6.45. The van der Waals surface area contributed by atoms with Crippen molar-refractivity contribution in [3.8, 4) is 0 Å². The van der Waals surface area contributed by atoms with Gasteiger partial charge in [-0.3, -0.25) is 6.08 Å². The van der Waals surface area contributed by atoms with Gasteiger partial charge in [0.2, 0.25) is 0 Å². The van der Waals surface area contributed by atoms with Crippen molar-refractivity contribution in [3.05, 3.63) is 30.2 Å². The van der Waals surface area contributed by atoms with E-state index in [1.165, 1.54) is 19.3 Å². The molecule has 0 aromatic carbocycles. The molecule has 0 aromatic rings. The fourth-order valence-corrected chi connectivity index (χ4v) is 4.02. The Balaban J connectivity index is 0. The molecule has 107 valence electrons. The van der Waals surface area contributed by atoms with E-state index in [1.807, 2.05) is 18.1 Å². The maximum atomic E-state index is 2.99. The van der Waals surface area contributed by atoms with Gasteiger partial charge in [0.25, 0.3) is 0 Å². The minimum absolute atomic E-state index is 0. The summed E-state index contributed by atoms with van der Waals surface area (Å²) in [6.45, 7) is 0. The Morgan fingerprint density at radius 1 is 0.842 bits per heavy atom. The summed E-state index contributed by atoms with van der Waals surface area (Å²) in [5.74, 6) is 5.35. The summed E-state index contributed by atoms with van der Waals surface area (Å²) in [6.07, 6.45) is 19.3. The van der Waals surface area contributed by atoms with Crippen LogP contribution in [0.2, 0.25) is 0 Å². The number of allylic oxidation sites excluding steroid dienone is 4. The van der Waals surface area contributed by atoms with E-state index in [2.05, 4.69) is 12.2 Å². The van der Waals surface area contributed by atoms with E-state index in [-0.39, 0.29) is 58.9 Å². The van der Waals surface area contributed by atoms with E-state index in [1.54, 1.807) is 19.3 Å². The normalized spacial score (nSPS) is 32.1. The first-order chi connectivity index (χ1) is 7.40. The number of hydrogen-bond donors (Lipinski definition) is 0. The summed E-state index contributed by atoms with van der Waals surface area (Å²) in [4.78, 5) is 0. The Labute approximate surface area is 151 Å². The molecule has 4 fully saturated rings. The summed E-state index contributed by atoms with van der Waals surface area (Å²) in [6, 6.07) is 0. The molecule has 0 unspecified atom stereocenters. The Hall–Kier alpha value is 1.06. The topological polar surface area (TPSA) is 0 Å². The molecule has 0 aromatic heterocycles. The average molecular weight is 355 g/mol. The van der Waals surface area contributed by atoms with E-state index in [0.717, 1.165) is 24.2 Å². The summed E-state index contributed by atoms with van der Waals surface area (Å²) in [5.41, 5.74) is 0. The minimum atomic E-state index is 0. The zero-order valence-corrected chi connectivity index (χ0v) is 14.9. The van der Waals surface area contributed by atoms with Gasteiger partial charge in [0.15, 0.2) is 0 Å². The Morgan fingerprint density at radius 3 is 1.53 bits per heavy atom. The van der Waals surface area contributed by atoms with Gasteiger partial charge in [-0.1, -0.05) is 37.0 Å². The molecule has 0 aliphatic heterocycles. The van der Waals surface area contributed by atoms with E-state index in [0.29, 0.717) is 0 Å². The molecule has 0 nitrogen and oxygen atoms in total. The van der Waals surface area contributed by atoms with Gasteiger partial charge < -0.3 is 43.1 Å². The molecule has 1 radical (unpaired) electrons. The second kappa shape index (κ2) is 10.7. The molecule has 0 spiro atoms. The van der Waals surface area contributed by atoms with Crippen molar-refractivity contribution in [1.29, 1.82) is 0 Å². The van der Waals surface area contributed by atoms with Crippen LogP contribution in [0.3, 0.4) is 0 Å². The molecule has 5 rings (SSSR count). The second-order valence-corrected chi connectivity index (χ2v) is 5.67. The first kappa shape index (κ1) is 22.3. The zero-order valence-electron chi connectivity index (χ0n) is 11.0. The third-order valence-corrected chi connectivity index (χ3v) is 4.32. The summed E-state index contributed by atoms with van der Waals surface area (Å²) >= 11 is 0. The largest absolute Gasteiger partial charge is 3.00 e. The molecule has 0 heterocycles. The SMILES string of the molecule is C1[C-]2CC3CC1CC(C2)C3.[C-]1=CC=CC1.[Cl-].[Cl-].[Cl-].[Ti+3]. The number of halogens is 3. The molecule has 5 aliphatic carbocycles. The van der Waals surface area contributed by atoms with Crippen LogP contribution in [0.15, 0.2) is 18.2 Å². The molecule has 19 heavy (non-hydrogen) atoms. The fraction of sp³-hybridized carbons (Fsp3) is 0.667. The van der Waals surface area contributed by atoms with Gasteiger partial charge >= 0.3 is 21.7 Å². The van der Waals surface area contributed by atoms with Crippen LogP contribution in [-0.4, -0.2) is 0 Å². The summed E-state index contributed by atoms with van der Waals surface area (Å²) in [7, 11) is 0. The van der Waals surface area contributed by atoms with Crippen molar-refractivity contribution >= 4 is 0 Å². The fourth-order valence-electron chi connectivity index (χ4n) is 4.02. The van der Waals surface area contributed by atoms with Crippen molar-refractivity contribution in [2.45, 2.75) is 44.9 Å². The van der Waals surface area contributed by atoms with Crippen molar-refractivity contribution in [1.82, 2.24) is 0 Å². The van der Waals surface area contributed by atoms with Gasteiger partial charge in [-0.15, -0.1) is 6.42 Å². The van der Waals surface area contributed by atoms with Gasteiger partial charge in [-0.2, -0.15) is 25.3 Å². The van der Waals surface area contributed by atoms with Crippen molar-refractivity contribution in [3.63, 3.8) is 0 Å². The first-order valence-corrected chi connectivity index (χ1v) is 6.45. The monoisotopic (exact) mass is 353 g/mol. The van der Waals surface area contributed by atoms with Crippen LogP contribution in [-0.2, 0) is 21.7 Å². The quantitative estimate of drug-likeness (QED) is 0.302. The van der Waals surface area contributed by atoms with Gasteiger partial charge in [-0.25, -0.2) is 12.2 Å². The molecule has 4 heteroatoms. The van der Waals surface area contributed by atoms with Crippen LogP contribution < -0.4 is 37.2 Å². The van der Waals surface area contributed by atoms with Gasteiger partial charge in [0, 0.05) is 0 Å². The molecule has 0 N–H and O–H groups in total. The maximum Gasteiger partial charge on any atom is 3.00 e. The van der Waals surface area contributed by atoms with E-state index >= 15 is 0 Å². The Kier molecular flexibility index (Phi) is 12.6. The van der Waals surface area contributed by atoms with Crippen LogP contribution in [0, 0.1) is 29.7 Å². The van der Waals surface area contributed by atoms with Gasteiger partial charge in [0.1, 0.15) is 0 Å². The zero-order chi connectivity index (χ0) is 10.1. The number of rotatable bonds is 0. The van der Waals surface area contributed by atoms with Crippen LogP contribution >= 0.6 is 0 Å². The van der Waals surface area contributed by atoms with E-state index in [9.17, 15) is 0 Å². The Bertz CT molecular complexity index is 223. The molecule has 0 atom stereocenters. The van der Waals surface area contributed by atoms with Crippen LogP contribution in [0.25, 0.3) is 0 Å². The average Bonchev–Trinajstić information content (AvgIpc) is 2.72. The van der Waals surface area contributed by atoms with Crippen LogP contribution in [0.1, 0.15) is 44.9 Å². The van der Waals surface area contributed by atoms with Crippen LogP contribution in [0.5, 0.6) is 0 Å². The molecule has 5 aliphatic rings. The second-order valence-electron chi connectivity index (χ2n) is 5.67. The summed E-state index contributed by atoms with van der Waals surface area (Å²) in [5, 5.41) is 0. The van der Waals surface area contributed by atoms with Crippen LogP contribution in [0.4, 0.5) is 0 Å². The van der Waals surface area contributed by atoms with Crippen molar-refractivity contribution in [2.24, 2.45) is 17.8 Å². The smallest absolute Gasteiger partial charge is 1.00 e. The molecule has 4 bridgehead atoms. The molecule has 4 saturated carbocycles. The molecule has 0 saturated heterocycles.